The number of hydrogen-bond donors (Lipinski definition) is 2. The number of fused-ring (bicyclic) bond motifs is 1. The van der Waals surface area contributed by atoms with Crippen LogP contribution in [0.15, 0.2) is 30.6 Å². The number of halogens is 2. The zero-order valence-electron chi connectivity index (χ0n) is 19.1. The van der Waals surface area contributed by atoms with E-state index in [-0.39, 0.29) is 34.5 Å². The minimum atomic E-state index is -1.18. The molecule has 1 amide bonds. The van der Waals surface area contributed by atoms with Crippen molar-refractivity contribution in [2.75, 3.05) is 5.32 Å². The molecule has 0 aliphatic heterocycles. The summed E-state index contributed by atoms with van der Waals surface area (Å²) < 4.78 is 16.5. The second kappa shape index (κ2) is 8.42. The monoisotopic (exact) mass is 502 g/mol. The number of anilines is 1. The van der Waals surface area contributed by atoms with Gasteiger partial charge in [-0.15, -0.1) is 0 Å². The van der Waals surface area contributed by atoms with Gasteiger partial charge < -0.3 is 25.1 Å². The van der Waals surface area contributed by atoms with Crippen LogP contribution in [-0.4, -0.2) is 35.3 Å². The Morgan fingerprint density at radius 3 is 2.57 bits per heavy atom. The number of amides is 1. The first kappa shape index (κ1) is 23.4. The lowest BCUT2D eigenvalue weighted by Gasteiger charge is -2.23. The van der Waals surface area contributed by atoms with Gasteiger partial charge in [-0.1, -0.05) is 11.6 Å². The molecular weight excluding hydrogens is 479 g/mol. The summed E-state index contributed by atoms with van der Waals surface area (Å²) in [6, 6.07) is 5.34. The molecule has 2 atom stereocenters. The molecule has 2 N–H and O–H groups in total. The van der Waals surface area contributed by atoms with E-state index in [9.17, 15) is 24.4 Å². The van der Waals surface area contributed by atoms with Crippen molar-refractivity contribution in [1.29, 1.82) is 0 Å². The Labute approximate surface area is 204 Å². The molecule has 2 aromatic heterocycles. The van der Waals surface area contributed by atoms with Gasteiger partial charge in [0.1, 0.15) is 17.1 Å². The SMILES string of the molecule is Cn1cnc(C2CC3CC(O)(c4cc([N+](=O)[O-])nn4C)CC3C2)c1C(=O)Nc1ccc(F)c(Cl)c1. The second-order valence-corrected chi connectivity index (χ2v) is 9.98. The number of aromatic nitrogens is 4. The zero-order valence-corrected chi connectivity index (χ0v) is 19.9. The number of imidazole rings is 1. The van der Waals surface area contributed by atoms with Gasteiger partial charge in [-0.05, 0) is 60.6 Å². The highest BCUT2D eigenvalue weighted by Crippen LogP contribution is 2.57. The van der Waals surface area contributed by atoms with Gasteiger partial charge in [-0.2, -0.15) is 4.68 Å². The number of nitrogens with zero attached hydrogens (tertiary/aromatic N) is 5. The Morgan fingerprint density at radius 2 is 1.97 bits per heavy atom. The highest BCUT2D eigenvalue weighted by Gasteiger charge is 2.52. The summed E-state index contributed by atoms with van der Waals surface area (Å²) in [7, 11) is 3.34. The van der Waals surface area contributed by atoms with E-state index in [0.29, 0.717) is 35.6 Å². The number of aryl methyl sites for hydroxylation is 2. The molecule has 0 spiro atoms. The number of carbonyl (C=O) groups excluding carboxylic acids is 1. The molecule has 2 aliphatic carbocycles. The van der Waals surface area contributed by atoms with Crippen molar-refractivity contribution >= 4 is 29.0 Å². The summed E-state index contributed by atoms with van der Waals surface area (Å²) in [5, 5.41) is 29.0. The molecule has 12 heteroatoms. The van der Waals surface area contributed by atoms with Gasteiger partial charge in [0.05, 0.1) is 41.0 Å². The van der Waals surface area contributed by atoms with E-state index in [0.717, 1.165) is 12.8 Å². The Hall–Kier alpha value is -3.31. The van der Waals surface area contributed by atoms with Crippen molar-refractivity contribution in [2.24, 2.45) is 25.9 Å². The quantitative estimate of drug-likeness (QED) is 0.402. The zero-order chi connectivity index (χ0) is 25.1. The van der Waals surface area contributed by atoms with Crippen LogP contribution in [0.5, 0.6) is 0 Å². The van der Waals surface area contributed by atoms with Crippen LogP contribution in [0.3, 0.4) is 0 Å². The van der Waals surface area contributed by atoms with Crippen molar-refractivity contribution in [3.8, 4) is 0 Å². The Bertz CT molecular complexity index is 1320. The Morgan fingerprint density at radius 1 is 1.29 bits per heavy atom. The molecule has 1 aromatic carbocycles. The third kappa shape index (κ3) is 4.08. The number of hydrogen-bond acceptors (Lipinski definition) is 6. The summed E-state index contributed by atoms with van der Waals surface area (Å²) in [5.74, 6) is -0.797. The van der Waals surface area contributed by atoms with Crippen LogP contribution in [0, 0.1) is 27.8 Å². The number of carbonyl (C=O) groups is 1. The first-order valence-corrected chi connectivity index (χ1v) is 11.6. The Kier molecular flexibility index (Phi) is 5.64. The van der Waals surface area contributed by atoms with Crippen molar-refractivity contribution < 1.29 is 19.2 Å². The van der Waals surface area contributed by atoms with Crippen LogP contribution in [0.4, 0.5) is 15.9 Å². The lowest BCUT2D eigenvalue weighted by Crippen LogP contribution is -2.26. The van der Waals surface area contributed by atoms with E-state index in [2.05, 4.69) is 15.4 Å². The first-order valence-electron chi connectivity index (χ1n) is 11.2. The van der Waals surface area contributed by atoms with E-state index in [1.165, 1.54) is 28.9 Å². The van der Waals surface area contributed by atoms with Crippen LogP contribution in [-0.2, 0) is 19.7 Å². The van der Waals surface area contributed by atoms with Crippen molar-refractivity contribution in [2.45, 2.75) is 37.2 Å². The van der Waals surface area contributed by atoms with Gasteiger partial charge >= 0.3 is 5.82 Å². The summed E-state index contributed by atoms with van der Waals surface area (Å²) in [6.45, 7) is 0. The van der Waals surface area contributed by atoms with Gasteiger partial charge in [0.2, 0.25) is 0 Å². The predicted octanol–water partition coefficient (Wildman–Crippen LogP) is 3.90. The fraction of sp³-hybridized carbons (Fsp3) is 0.435. The van der Waals surface area contributed by atoms with Crippen LogP contribution in [0.25, 0.3) is 0 Å². The predicted molar refractivity (Wildman–Crippen MR) is 125 cm³/mol. The van der Waals surface area contributed by atoms with E-state index in [1.54, 1.807) is 25.0 Å². The molecule has 184 valence electrons. The van der Waals surface area contributed by atoms with Crippen molar-refractivity contribution in [3.63, 3.8) is 0 Å². The summed E-state index contributed by atoms with van der Waals surface area (Å²) in [6.07, 6.45) is 4.01. The number of rotatable bonds is 5. The number of nitrogens with one attached hydrogen (secondary N) is 1. The van der Waals surface area contributed by atoms with Crippen LogP contribution in [0.1, 0.15) is 53.5 Å². The molecule has 0 bridgehead atoms. The minimum Gasteiger partial charge on any atom is -0.383 e. The van der Waals surface area contributed by atoms with E-state index in [4.69, 9.17) is 11.6 Å². The average molecular weight is 503 g/mol. The number of nitro groups is 1. The maximum absolute atomic E-state index is 13.5. The van der Waals surface area contributed by atoms with Crippen molar-refractivity contribution in [1.82, 2.24) is 19.3 Å². The molecule has 3 aromatic rings. The summed E-state index contributed by atoms with van der Waals surface area (Å²) >= 11 is 5.83. The lowest BCUT2D eigenvalue weighted by molar-refractivity contribution is -0.389. The average Bonchev–Trinajstić information content (AvgIpc) is 3.52. The van der Waals surface area contributed by atoms with Gasteiger partial charge in [0.25, 0.3) is 5.91 Å². The Balaban J connectivity index is 1.32. The van der Waals surface area contributed by atoms with Crippen LogP contribution < -0.4 is 5.32 Å². The van der Waals surface area contributed by atoms with E-state index >= 15 is 0 Å². The highest BCUT2D eigenvalue weighted by molar-refractivity contribution is 6.31. The van der Waals surface area contributed by atoms with Crippen LogP contribution in [0.2, 0.25) is 5.02 Å². The number of benzene rings is 1. The largest absolute Gasteiger partial charge is 0.390 e. The molecule has 2 aliphatic rings. The molecule has 2 unspecified atom stereocenters. The second-order valence-electron chi connectivity index (χ2n) is 9.57. The fourth-order valence-electron chi connectivity index (χ4n) is 5.86. The molecule has 10 nitrogen and oxygen atoms in total. The fourth-order valence-corrected chi connectivity index (χ4v) is 6.04. The minimum absolute atomic E-state index is 0.0363. The van der Waals surface area contributed by atoms with Crippen molar-refractivity contribution in [3.05, 3.63) is 68.6 Å². The maximum atomic E-state index is 13.5. The van der Waals surface area contributed by atoms with E-state index in [1.807, 2.05) is 0 Å². The maximum Gasteiger partial charge on any atom is 0.390 e. The van der Waals surface area contributed by atoms with Gasteiger partial charge in [0, 0.05) is 18.7 Å². The van der Waals surface area contributed by atoms with Gasteiger partial charge in [0.15, 0.2) is 0 Å². The topological polar surface area (TPSA) is 128 Å². The number of aliphatic hydroxyl groups is 1. The van der Waals surface area contributed by atoms with Gasteiger partial charge in [-0.3, -0.25) is 4.79 Å². The lowest BCUT2D eigenvalue weighted by atomic mass is 9.90. The highest BCUT2D eigenvalue weighted by atomic mass is 35.5. The van der Waals surface area contributed by atoms with Crippen LogP contribution >= 0.6 is 11.6 Å². The normalized spacial score (nSPS) is 25.6. The first-order chi connectivity index (χ1) is 16.6. The third-order valence-corrected chi connectivity index (χ3v) is 7.61. The molecule has 2 fully saturated rings. The molecule has 0 saturated heterocycles. The molecule has 5 rings (SSSR count). The molecule has 2 heterocycles. The smallest absolute Gasteiger partial charge is 0.383 e. The standard InChI is InChI=1S/C23H24ClFN6O4/c1-29-11-26-20(21(29)22(32)27-15-3-4-17(25)16(24)7-15)12-5-13-9-23(33,10-14(13)6-12)18-8-19(31(34)35)28-30(18)2/h3-4,7-8,11-14,33H,5-6,9-10H2,1-2H3,(H,27,32). The summed E-state index contributed by atoms with van der Waals surface area (Å²) in [5.41, 5.74) is 0.765. The third-order valence-electron chi connectivity index (χ3n) is 7.32. The van der Waals surface area contributed by atoms with E-state index < -0.39 is 16.3 Å². The summed E-state index contributed by atoms with van der Waals surface area (Å²) in [4.78, 5) is 28.1. The molecule has 0 radical (unpaired) electrons. The van der Waals surface area contributed by atoms with Gasteiger partial charge in [-0.25, -0.2) is 9.37 Å². The molecular formula is C23H24ClFN6O4. The molecule has 2 saturated carbocycles. The molecule has 35 heavy (non-hydrogen) atoms.